The summed E-state index contributed by atoms with van der Waals surface area (Å²) < 4.78 is 12.6. The minimum Gasteiger partial charge on any atom is -0.324 e. The van der Waals surface area contributed by atoms with Crippen LogP contribution >= 0.6 is 0 Å². The molecule has 0 aliphatic carbocycles. The Bertz CT molecular complexity index is 513. The van der Waals surface area contributed by atoms with E-state index in [1.54, 1.807) is 12.1 Å². The summed E-state index contributed by atoms with van der Waals surface area (Å²) in [5.41, 5.74) is 1.08. The molecule has 1 heterocycles. The predicted octanol–water partition coefficient (Wildman–Crippen LogP) is 2.23. The zero-order valence-electron chi connectivity index (χ0n) is 8.18. The van der Waals surface area contributed by atoms with Crippen LogP contribution in [0.1, 0.15) is 5.56 Å². The molecule has 16 heavy (non-hydrogen) atoms. The lowest BCUT2D eigenvalue weighted by Gasteiger charge is -2.03. The van der Waals surface area contributed by atoms with Gasteiger partial charge >= 0.3 is 0 Å². The van der Waals surface area contributed by atoms with E-state index < -0.39 is 0 Å². The van der Waals surface area contributed by atoms with Crippen LogP contribution in [0.3, 0.4) is 0 Å². The van der Waals surface area contributed by atoms with Crippen molar-refractivity contribution in [3.05, 3.63) is 48.0 Å². The van der Waals surface area contributed by atoms with E-state index in [1.165, 1.54) is 24.5 Å². The van der Waals surface area contributed by atoms with Gasteiger partial charge in [-0.2, -0.15) is 5.26 Å². The Morgan fingerprint density at radius 2 is 1.75 bits per heavy atom. The standard InChI is InChI=1S/C11H7FN4/c12-9-1-3-10(4-2-9)16-11-14-6-8(5-13)7-15-11/h1-4,6-7H,(H,14,15,16). The highest BCUT2D eigenvalue weighted by Gasteiger charge is 1.98. The SMILES string of the molecule is N#Cc1cnc(Nc2ccc(F)cc2)nc1. The summed E-state index contributed by atoms with van der Waals surface area (Å²) in [7, 11) is 0. The lowest BCUT2D eigenvalue weighted by atomic mass is 10.3. The van der Waals surface area contributed by atoms with E-state index in [4.69, 9.17) is 5.26 Å². The molecule has 0 atom stereocenters. The topological polar surface area (TPSA) is 61.6 Å². The minimum atomic E-state index is -0.300. The third-order valence-electron chi connectivity index (χ3n) is 1.88. The molecule has 1 aromatic carbocycles. The van der Waals surface area contributed by atoms with Gasteiger partial charge in [0.2, 0.25) is 5.95 Å². The zero-order valence-corrected chi connectivity index (χ0v) is 8.18. The summed E-state index contributed by atoms with van der Waals surface area (Å²) in [5, 5.41) is 11.4. The number of nitrogens with one attached hydrogen (secondary N) is 1. The number of aromatic nitrogens is 2. The highest BCUT2D eigenvalue weighted by atomic mass is 19.1. The third kappa shape index (κ3) is 2.30. The maximum Gasteiger partial charge on any atom is 0.227 e. The third-order valence-corrected chi connectivity index (χ3v) is 1.88. The first kappa shape index (κ1) is 10.1. The van der Waals surface area contributed by atoms with Crippen LogP contribution in [0.5, 0.6) is 0 Å². The molecule has 0 saturated heterocycles. The highest BCUT2D eigenvalue weighted by Crippen LogP contribution is 2.12. The van der Waals surface area contributed by atoms with Crippen molar-refractivity contribution in [2.75, 3.05) is 5.32 Å². The lowest BCUT2D eigenvalue weighted by molar-refractivity contribution is 0.628. The second kappa shape index (κ2) is 4.36. The molecular formula is C11H7FN4. The van der Waals surface area contributed by atoms with Crippen LogP contribution < -0.4 is 5.32 Å². The van der Waals surface area contributed by atoms with Gasteiger partial charge in [0, 0.05) is 5.69 Å². The van der Waals surface area contributed by atoms with E-state index >= 15 is 0 Å². The average molecular weight is 214 g/mol. The first-order valence-corrected chi connectivity index (χ1v) is 4.52. The van der Waals surface area contributed by atoms with Gasteiger partial charge in [-0.25, -0.2) is 14.4 Å². The van der Waals surface area contributed by atoms with E-state index in [2.05, 4.69) is 15.3 Å². The molecule has 5 heteroatoms. The van der Waals surface area contributed by atoms with Gasteiger partial charge in [-0.1, -0.05) is 0 Å². The predicted molar refractivity (Wildman–Crippen MR) is 56.4 cm³/mol. The van der Waals surface area contributed by atoms with Crippen LogP contribution in [0.4, 0.5) is 16.0 Å². The van der Waals surface area contributed by atoms with Crippen LogP contribution in [0, 0.1) is 17.1 Å². The molecule has 0 spiro atoms. The molecule has 0 amide bonds. The highest BCUT2D eigenvalue weighted by molar-refractivity contribution is 5.52. The fraction of sp³-hybridized carbons (Fsp3) is 0. The van der Waals surface area contributed by atoms with E-state index in [1.807, 2.05) is 6.07 Å². The van der Waals surface area contributed by atoms with Gasteiger partial charge in [0.05, 0.1) is 18.0 Å². The first-order valence-electron chi connectivity index (χ1n) is 4.52. The van der Waals surface area contributed by atoms with Crippen molar-refractivity contribution in [3.63, 3.8) is 0 Å². The fourth-order valence-corrected chi connectivity index (χ4v) is 1.11. The van der Waals surface area contributed by atoms with E-state index in [0.29, 0.717) is 17.2 Å². The molecule has 0 bridgehead atoms. The van der Waals surface area contributed by atoms with E-state index in [9.17, 15) is 4.39 Å². The van der Waals surface area contributed by atoms with Crippen molar-refractivity contribution in [2.45, 2.75) is 0 Å². The first-order chi connectivity index (χ1) is 7.78. The van der Waals surface area contributed by atoms with Crippen molar-refractivity contribution in [2.24, 2.45) is 0 Å². The Labute approximate surface area is 91.4 Å². The quantitative estimate of drug-likeness (QED) is 0.832. The maximum absolute atomic E-state index is 12.6. The number of hydrogen-bond acceptors (Lipinski definition) is 4. The molecule has 2 aromatic rings. The molecule has 0 aliphatic rings. The fourth-order valence-electron chi connectivity index (χ4n) is 1.11. The number of benzene rings is 1. The summed E-state index contributed by atoms with van der Waals surface area (Å²) in [6.45, 7) is 0. The Morgan fingerprint density at radius 3 is 2.31 bits per heavy atom. The monoisotopic (exact) mass is 214 g/mol. The minimum absolute atomic E-state index is 0.300. The Kier molecular flexibility index (Phi) is 2.74. The van der Waals surface area contributed by atoms with Crippen molar-refractivity contribution in [1.82, 2.24) is 9.97 Å². The summed E-state index contributed by atoms with van der Waals surface area (Å²) in [6, 6.07) is 7.76. The number of hydrogen-bond donors (Lipinski definition) is 1. The summed E-state index contributed by atoms with van der Waals surface area (Å²) in [6.07, 6.45) is 2.83. The summed E-state index contributed by atoms with van der Waals surface area (Å²) in [4.78, 5) is 7.86. The number of anilines is 2. The Balaban J connectivity index is 2.15. The normalized spacial score (nSPS) is 9.50. The molecule has 78 valence electrons. The number of halogens is 1. The Morgan fingerprint density at radius 1 is 1.12 bits per heavy atom. The van der Waals surface area contributed by atoms with Crippen molar-refractivity contribution in [3.8, 4) is 6.07 Å². The van der Waals surface area contributed by atoms with Gasteiger partial charge in [0.15, 0.2) is 0 Å². The van der Waals surface area contributed by atoms with Crippen molar-refractivity contribution < 1.29 is 4.39 Å². The van der Waals surface area contributed by atoms with Gasteiger partial charge < -0.3 is 5.32 Å². The molecule has 1 aromatic heterocycles. The number of nitrogens with zero attached hydrogens (tertiary/aromatic N) is 3. The molecule has 4 nitrogen and oxygen atoms in total. The molecule has 0 saturated carbocycles. The van der Waals surface area contributed by atoms with Crippen molar-refractivity contribution >= 4 is 11.6 Å². The molecule has 2 rings (SSSR count). The van der Waals surface area contributed by atoms with Gasteiger partial charge in [-0.3, -0.25) is 0 Å². The molecule has 1 N–H and O–H groups in total. The second-order valence-corrected chi connectivity index (χ2v) is 3.04. The van der Waals surface area contributed by atoms with Crippen LogP contribution in [-0.4, -0.2) is 9.97 Å². The van der Waals surface area contributed by atoms with Gasteiger partial charge in [-0.15, -0.1) is 0 Å². The molecular weight excluding hydrogens is 207 g/mol. The molecule has 0 unspecified atom stereocenters. The number of nitriles is 1. The van der Waals surface area contributed by atoms with Crippen LogP contribution in [-0.2, 0) is 0 Å². The average Bonchev–Trinajstić information content (AvgIpc) is 2.33. The largest absolute Gasteiger partial charge is 0.324 e. The van der Waals surface area contributed by atoms with Crippen LogP contribution in [0.2, 0.25) is 0 Å². The molecule has 0 fully saturated rings. The zero-order chi connectivity index (χ0) is 11.4. The second-order valence-electron chi connectivity index (χ2n) is 3.04. The Hall–Kier alpha value is -2.48. The smallest absolute Gasteiger partial charge is 0.227 e. The molecule has 0 radical (unpaired) electrons. The van der Waals surface area contributed by atoms with Gasteiger partial charge in [-0.05, 0) is 24.3 Å². The van der Waals surface area contributed by atoms with Crippen LogP contribution in [0.25, 0.3) is 0 Å². The van der Waals surface area contributed by atoms with Gasteiger partial charge in [0.25, 0.3) is 0 Å². The van der Waals surface area contributed by atoms with Gasteiger partial charge in [0.1, 0.15) is 11.9 Å². The number of rotatable bonds is 2. The van der Waals surface area contributed by atoms with E-state index in [-0.39, 0.29) is 5.82 Å². The molecule has 0 aliphatic heterocycles. The van der Waals surface area contributed by atoms with E-state index in [0.717, 1.165) is 0 Å². The van der Waals surface area contributed by atoms with Crippen molar-refractivity contribution in [1.29, 1.82) is 5.26 Å². The maximum atomic E-state index is 12.6. The lowest BCUT2D eigenvalue weighted by Crippen LogP contribution is -1.96. The van der Waals surface area contributed by atoms with Crippen LogP contribution in [0.15, 0.2) is 36.7 Å². The summed E-state index contributed by atoms with van der Waals surface area (Å²) in [5.74, 6) is 0.0666. The summed E-state index contributed by atoms with van der Waals surface area (Å²) >= 11 is 0.